The van der Waals surface area contributed by atoms with Crippen molar-refractivity contribution < 1.29 is 4.79 Å². The summed E-state index contributed by atoms with van der Waals surface area (Å²) >= 11 is 7.73. The maximum absolute atomic E-state index is 13.0. The molecule has 1 aliphatic rings. The largest absolute Gasteiger partial charge is 0.332 e. The molecular formula is C22H22ClN3OS. The van der Waals surface area contributed by atoms with Crippen LogP contribution >= 0.6 is 22.9 Å². The number of benzene rings is 2. The van der Waals surface area contributed by atoms with Gasteiger partial charge in [-0.15, -0.1) is 11.3 Å². The third-order valence-corrected chi connectivity index (χ3v) is 6.25. The van der Waals surface area contributed by atoms with Crippen LogP contribution in [-0.4, -0.2) is 46.4 Å². The second-order valence-corrected chi connectivity index (χ2v) is 8.35. The average Bonchev–Trinajstić information content (AvgIpc) is 3.19. The van der Waals surface area contributed by atoms with Gasteiger partial charge in [0.1, 0.15) is 10.7 Å². The van der Waals surface area contributed by atoms with Gasteiger partial charge < -0.3 is 4.90 Å². The fourth-order valence-electron chi connectivity index (χ4n) is 3.60. The van der Waals surface area contributed by atoms with E-state index >= 15 is 0 Å². The van der Waals surface area contributed by atoms with Crippen LogP contribution in [0, 0.1) is 0 Å². The first kappa shape index (κ1) is 19.1. The Bertz CT molecular complexity index is 959. The number of hydrogen-bond acceptors (Lipinski definition) is 4. The van der Waals surface area contributed by atoms with E-state index in [0.29, 0.717) is 17.3 Å². The Morgan fingerprint density at radius 3 is 2.64 bits per heavy atom. The molecule has 1 aliphatic heterocycles. The zero-order chi connectivity index (χ0) is 19.5. The van der Waals surface area contributed by atoms with Crippen LogP contribution in [0.2, 0.25) is 5.02 Å². The predicted molar refractivity (Wildman–Crippen MR) is 115 cm³/mol. The number of hydrogen-bond donors (Lipinski definition) is 0. The molecule has 1 fully saturated rings. The molecule has 28 heavy (non-hydrogen) atoms. The Labute approximate surface area is 174 Å². The summed E-state index contributed by atoms with van der Waals surface area (Å²) in [6.45, 7) is 5.47. The van der Waals surface area contributed by atoms with E-state index in [1.165, 1.54) is 16.9 Å². The first-order chi connectivity index (χ1) is 13.6. The van der Waals surface area contributed by atoms with E-state index in [1.807, 2.05) is 40.6 Å². The van der Waals surface area contributed by atoms with E-state index in [2.05, 4.69) is 41.1 Å². The van der Waals surface area contributed by atoms with Crippen molar-refractivity contribution in [3.8, 4) is 10.6 Å². The molecule has 0 saturated carbocycles. The number of amides is 1. The molecule has 0 bridgehead atoms. The van der Waals surface area contributed by atoms with Crippen molar-refractivity contribution >= 4 is 28.8 Å². The third kappa shape index (κ3) is 4.12. The smallest absolute Gasteiger partial charge is 0.273 e. The minimum atomic E-state index is 0.00131. The molecule has 4 nitrogen and oxygen atoms in total. The fourth-order valence-corrected chi connectivity index (χ4v) is 4.71. The van der Waals surface area contributed by atoms with E-state index in [-0.39, 0.29) is 11.9 Å². The molecule has 3 aromatic rings. The minimum Gasteiger partial charge on any atom is -0.332 e. The van der Waals surface area contributed by atoms with Gasteiger partial charge >= 0.3 is 0 Å². The molecule has 1 saturated heterocycles. The number of carbonyl (C=O) groups excluding carboxylic acids is 1. The van der Waals surface area contributed by atoms with Crippen LogP contribution in [0.1, 0.15) is 23.0 Å². The summed E-state index contributed by atoms with van der Waals surface area (Å²) < 4.78 is 0. The summed E-state index contributed by atoms with van der Waals surface area (Å²) in [5, 5.41) is 3.27. The molecule has 0 N–H and O–H groups in total. The van der Waals surface area contributed by atoms with Crippen LogP contribution in [0.15, 0.2) is 60.0 Å². The molecule has 1 amide bonds. The summed E-state index contributed by atoms with van der Waals surface area (Å²) in [6.07, 6.45) is 0. The zero-order valence-corrected chi connectivity index (χ0v) is 17.3. The maximum Gasteiger partial charge on any atom is 0.273 e. The van der Waals surface area contributed by atoms with Crippen molar-refractivity contribution in [3.63, 3.8) is 0 Å². The second kappa shape index (κ2) is 8.43. The maximum atomic E-state index is 13.0. The van der Waals surface area contributed by atoms with Crippen LogP contribution in [0.3, 0.4) is 0 Å². The van der Waals surface area contributed by atoms with Gasteiger partial charge in [-0.1, -0.05) is 60.1 Å². The number of carbonyl (C=O) groups is 1. The molecule has 1 unspecified atom stereocenters. The molecule has 0 aliphatic carbocycles. The molecule has 6 heteroatoms. The van der Waals surface area contributed by atoms with Crippen molar-refractivity contribution in [2.75, 3.05) is 19.6 Å². The molecule has 2 heterocycles. The van der Waals surface area contributed by atoms with Gasteiger partial charge in [0.05, 0.1) is 5.02 Å². The number of nitrogens with zero attached hydrogens (tertiary/aromatic N) is 3. The summed E-state index contributed by atoms with van der Waals surface area (Å²) in [5.74, 6) is 0.00131. The molecular weight excluding hydrogens is 390 g/mol. The van der Waals surface area contributed by atoms with E-state index in [0.717, 1.165) is 30.2 Å². The zero-order valence-electron chi connectivity index (χ0n) is 15.7. The van der Waals surface area contributed by atoms with Gasteiger partial charge in [0.25, 0.3) is 5.91 Å². The highest BCUT2D eigenvalue weighted by atomic mass is 35.5. The molecule has 2 aromatic carbocycles. The number of rotatable bonds is 4. The first-order valence-corrected chi connectivity index (χ1v) is 10.7. The molecule has 4 rings (SSSR count). The summed E-state index contributed by atoms with van der Waals surface area (Å²) in [6, 6.07) is 18.2. The topological polar surface area (TPSA) is 36.4 Å². The third-order valence-electron chi connectivity index (χ3n) is 5.05. The molecule has 144 valence electrons. The first-order valence-electron chi connectivity index (χ1n) is 9.39. The Morgan fingerprint density at radius 2 is 1.89 bits per heavy atom. The fraction of sp³-hybridized carbons (Fsp3) is 0.273. The lowest BCUT2D eigenvalue weighted by atomic mass is 10.1. The Morgan fingerprint density at radius 1 is 1.14 bits per heavy atom. The van der Waals surface area contributed by atoms with Crippen LogP contribution in [0.4, 0.5) is 0 Å². The van der Waals surface area contributed by atoms with Crippen molar-refractivity contribution in [3.05, 3.63) is 76.3 Å². The lowest BCUT2D eigenvalue weighted by Crippen LogP contribution is -2.53. The Balaban J connectivity index is 1.43. The van der Waals surface area contributed by atoms with E-state index in [4.69, 9.17) is 11.6 Å². The summed E-state index contributed by atoms with van der Waals surface area (Å²) in [4.78, 5) is 21.9. The normalized spacial score (nSPS) is 17.6. The van der Waals surface area contributed by atoms with Gasteiger partial charge in [-0.2, -0.15) is 0 Å². The lowest BCUT2D eigenvalue weighted by Gasteiger charge is -2.39. The highest BCUT2D eigenvalue weighted by molar-refractivity contribution is 7.13. The van der Waals surface area contributed by atoms with Gasteiger partial charge in [0.15, 0.2) is 0 Å². The molecule has 0 radical (unpaired) electrons. The second-order valence-electron chi connectivity index (χ2n) is 7.09. The predicted octanol–water partition coefficient (Wildman–Crippen LogP) is 4.81. The van der Waals surface area contributed by atoms with Gasteiger partial charge in [-0.05, 0) is 18.6 Å². The standard InChI is InChI=1S/C22H22ClN3OS/c1-16-13-25(14-17-7-3-2-4-8-17)11-12-26(16)22(27)20-15-28-21(24-20)18-9-5-6-10-19(18)23/h2-10,15-16H,11-14H2,1H3. The van der Waals surface area contributed by atoms with Gasteiger partial charge in [-0.3, -0.25) is 9.69 Å². The van der Waals surface area contributed by atoms with Crippen LogP contribution in [0.5, 0.6) is 0 Å². The van der Waals surface area contributed by atoms with E-state index in [9.17, 15) is 4.79 Å². The Kier molecular flexibility index (Phi) is 5.76. The van der Waals surface area contributed by atoms with Crippen molar-refractivity contribution in [1.82, 2.24) is 14.8 Å². The van der Waals surface area contributed by atoms with Gasteiger partial charge in [-0.25, -0.2) is 4.98 Å². The van der Waals surface area contributed by atoms with Crippen LogP contribution < -0.4 is 0 Å². The quantitative estimate of drug-likeness (QED) is 0.618. The monoisotopic (exact) mass is 411 g/mol. The van der Waals surface area contributed by atoms with Gasteiger partial charge in [0.2, 0.25) is 0 Å². The molecule has 1 atom stereocenters. The van der Waals surface area contributed by atoms with Gasteiger partial charge in [0, 0.05) is 43.2 Å². The SMILES string of the molecule is CC1CN(Cc2ccccc2)CCN1C(=O)c1csc(-c2ccccc2Cl)n1. The lowest BCUT2D eigenvalue weighted by molar-refractivity contribution is 0.0471. The van der Waals surface area contributed by atoms with E-state index < -0.39 is 0 Å². The summed E-state index contributed by atoms with van der Waals surface area (Å²) in [5.41, 5.74) is 2.68. The van der Waals surface area contributed by atoms with E-state index in [1.54, 1.807) is 0 Å². The van der Waals surface area contributed by atoms with Crippen molar-refractivity contribution in [1.29, 1.82) is 0 Å². The van der Waals surface area contributed by atoms with Crippen LogP contribution in [-0.2, 0) is 6.54 Å². The number of piperazine rings is 1. The number of halogens is 1. The van der Waals surface area contributed by atoms with Crippen molar-refractivity contribution in [2.45, 2.75) is 19.5 Å². The van der Waals surface area contributed by atoms with Crippen LogP contribution in [0.25, 0.3) is 10.6 Å². The average molecular weight is 412 g/mol. The summed E-state index contributed by atoms with van der Waals surface area (Å²) in [7, 11) is 0. The highest BCUT2D eigenvalue weighted by Crippen LogP contribution is 2.30. The van der Waals surface area contributed by atoms with Crippen molar-refractivity contribution in [2.24, 2.45) is 0 Å². The minimum absolute atomic E-state index is 0.00131. The molecule has 0 spiro atoms. The molecule has 1 aromatic heterocycles. The Hall–Kier alpha value is -2.21. The number of thiazole rings is 1. The highest BCUT2D eigenvalue weighted by Gasteiger charge is 2.29. The number of aromatic nitrogens is 1.